The maximum Gasteiger partial charge on any atom is 0.239 e. The molecule has 3 rings (SSSR count). The Bertz CT molecular complexity index is 773. The minimum atomic E-state index is -1.05. The number of hydrogen-bond donors (Lipinski definition) is 2. The van der Waals surface area contributed by atoms with Gasteiger partial charge in [0.15, 0.2) is 0 Å². The van der Waals surface area contributed by atoms with Crippen molar-refractivity contribution in [3.8, 4) is 5.75 Å². The van der Waals surface area contributed by atoms with E-state index in [1.165, 1.54) is 0 Å². The zero-order valence-corrected chi connectivity index (χ0v) is 13.0. The van der Waals surface area contributed by atoms with E-state index in [1.54, 1.807) is 37.3 Å². The van der Waals surface area contributed by atoms with Gasteiger partial charge in [-0.25, -0.2) is 0 Å². The van der Waals surface area contributed by atoms with E-state index in [9.17, 15) is 9.90 Å². The Balaban J connectivity index is 2.33. The molecule has 1 heterocycles. The normalized spacial score (nSPS) is 20.3. The maximum atomic E-state index is 12.6. The van der Waals surface area contributed by atoms with Crippen LogP contribution in [0.5, 0.6) is 5.75 Å². The van der Waals surface area contributed by atoms with Gasteiger partial charge in [0.1, 0.15) is 11.2 Å². The van der Waals surface area contributed by atoms with E-state index in [0.29, 0.717) is 26.9 Å². The maximum absolute atomic E-state index is 12.6. The first-order valence-corrected chi connectivity index (χ1v) is 7.20. The van der Waals surface area contributed by atoms with Crippen LogP contribution in [0.4, 0.5) is 5.69 Å². The summed E-state index contributed by atoms with van der Waals surface area (Å²) in [5.74, 6) is -0.167. The Morgan fingerprint density at radius 3 is 2.62 bits per heavy atom. The fourth-order valence-corrected chi connectivity index (χ4v) is 3.53. The molecular weight excluding hydrogens is 309 g/mol. The molecule has 5 heteroatoms. The molecule has 0 spiro atoms. The molecule has 21 heavy (non-hydrogen) atoms. The highest BCUT2D eigenvalue weighted by Crippen LogP contribution is 2.49. The highest BCUT2D eigenvalue weighted by molar-refractivity contribution is 6.37. The topological polar surface area (TPSA) is 49.3 Å². The summed E-state index contributed by atoms with van der Waals surface area (Å²) in [6, 6.07) is 8.45. The number of hydrogen-bond acceptors (Lipinski definition) is 2. The molecule has 0 aliphatic carbocycles. The molecule has 0 radical (unpaired) electrons. The van der Waals surface area contributed by atoms with Gasteiger partial charge in [0.05, 0.1) is 0 Å². The number of nitrogens with one attached hydrogen (secondary N) is 1. The molecule has 2 aromatic carbocycles. The molecule has 2 aromatic rings. The molecule has 1 aliphatic heterocycles. The first kappa shape index (κ1) is 14.2. The van der Waals surface area contributed by atoms with Gasteiger partial charge in [-0.3, -0.25) is 4.79 Å². The van der Waals surface area contributed by atoms with Gasteiger partial charge in [-0.05, 0) is 32.0 Å². The Morgan fingerprint density at radius 2 is 1.90 bits per heavy atom. The van der Waals surface area contributed by atoms with E-state index in [2.05, 4.69) is 5.32 Å². The van der Waals surface area contributed by atoms with Crippen molar-refractivity contribution in [3.63, 3.8) is 0 Å². The van der Waals surface area contributed by atoms with Crippen LogP contribution >= 0.6 is 23.2 Å². The number of halogens is 2. The number of carbonyl (C=O) groups is 1. The molecule has 0 saturated carbocycles. The minimum absolute atomic E-state index is 0.0668. The van der Waals surface area contributed by atoms with Crippen LogP contribution in [0.25, 0.3) is 0 Å². The molecule has 2 N–H and O–H groups in total. The fourth-order valence-electron chi connectivity index (χ4n) is 2.85. The number of amides is 1. The Kier molecular flexibility index (Phi) is 3.15. The number of aryl methyl sites for hydroxylation is 1. The minimum Gasteiger partial charge on any atom is -0.508 e. The average molecular weight is 322 g/mol. The number of phenols is 1. The number of anilines is 1. The van der Waals surface area contributed by atoms with Crippen molar-refractivity contribution in [1.82, 2.24) is 0 Å². The van der Waals surface area contributed by atoms with Gasteiger partial charge in [0.2, 0.25) is 5.91 Å². The lowest BCUT2D eigenvalue weighted by Gasteiger charge is -2.25. The third kappa shape index (κ3) is 2.00. The van der Waals surface area contributed by atoms with E-state index in [1.807, 2.05) is 6.92 Å². The van der Waals surface area contributed by atoms with Crippen molar-refractivity contribution in [3.05, 3.63) is 57.1 Å². The van der Waals surface area contributed by atoms with Crippen molar-refractivity contribution in [2.45, 2.75) is 19.3 Å². The van der Waals surface area contributed by atoms with Crippen molar-refractivity contribution < 1.29 is 9.90 Å². The molecule has 3 nitrogen and oxygen atoms in total. The van der Waals surface area contributed by atoms with Crippen LogP contribution in [0, 0.1) is 6.92 Å². The molecule has 0 saturated heterocycles. The Hall–Kier alpha value is -1.71. The van der Waals surface area contributed by atoms with E-state index in [0.717, 1.165) is 5.56 Å². The summed E-state index contributed by atoms with van der Waals surface area (Å²) in [5, 5.41) is 13.9. The second-order valence-corrected chi connectivity index (χ2v) is 6.25. The first-order chi connectivity index (χ1) is 9.84. The summed E-state index contributed by atoms with van der Waals surface area (Å²) in [4.78, 5) is 12.6. The molecule has 0 fully saturated rings. The van der Waals surface area contributed by atoms with Crippen LogP contribution in [-0.4, -0.2) is 11.0 Å². The van der Waals surface area contributed by atoms with Crippen molar-refractivity contribution in [1.29, 1.82) is 0 Å². The van der Waals surface area contributed by atoms with Crippen LogP contribution in [0.3, 0.4) is 0 Å². The lowest BCUT2D eigenvalue weighted by atomic mass is 9.76. The van der Waals surface area contributed by atoms with E-state index < -0.39 is 5.41 Å². The number of benzene rings is 2. The number of fused-ring (bicyclic) bond motifs is 1. The highest BCUT2D eigenvalue weighted by Gasteiger charge is 2.47. The largest absolute Gasteiger partial charge is 0.508 e. The number of phenolic OH excluding ortho intramolecular Hbond substituents is 1. The predicted octanol–water partition coefficient (Wildman–Crippen LogP) is 4.27. The summed E-state index contributed by atoms with van der Waals surface area (Å²) >= 11 is 12.3. The molecule has 108 valence electrons. The Morgan fingerprint density at radius 1 is 1.19 bits per heavy atom. The van der Waals surface area contributed by atoms with Crippen molar-refractivity contribution in [2.24, 2.45) is 0 Å². The highest BCUT2D eigenvalue weighted by atomic mass is 35.5. The number of rotatable bonds is 1. The van der Waals surface area contributed by atoms with Crippen LogP contribution in [-0.2, 0) is 10.2 Å². The van der Waals surface area contributed by atoms with Gasteiger partial charge in [0.25, 0.3) is 0 Å². The summed E-state index contributed by atoms with van der Waals surface area (Å²) in [6.45, 7) is 3.66. The van der Waals surface area contributed by atoms with Gasteiger partial charge in [-0.2, -0.15) is 0 Å². The SMILES string of the molecule is Cc1ccc(O)c([C@]2(C)C(=O)Nc3cc(Cl)cc(Cl)c32)c1. The van der Waals surface area contributed by atoms with Gasteiger partial charge < -0.3 is 10.4 Å². The lowest BCUT2D eigenvalue weighted by molar-refractivity contribution is -0.119. The molecule has 1 amide bonds. The van der Waals surface area contributed by atoms with Crippen LogP contribution in [0.15, 0.2) is 30.3 Å². The zero-order chi connectivity index (χ0) is 15.4. The van der Waals surface area contributed by atoms with Crippen LogP contribution in [0.2, 0.25) is 10.0 Å². The van der Waals surface area contributed by atoms with Crippen LogP contribution in [0.1, 0.15) is 23.6 Å². The molecular formula is C16H13Cl2NO2. The van der Waals surface area contributed by atoms with Crippen LogP contribution < -0.4 is 5.32 Å². The lowest BCUT2D eigenvalue weighted by Crippen LogP contribution is -2.32. The molecule has 1 aliphatic rings. The second-order valence-electron chi connectivity index (χ2n) is 5.41. The average Bonchev–Trinajstić information content (AvgIpc) is 2.65. The van der Waals surface area contributed by atoms with E-state index in [-0.39, 0.29) is 11.7 Å². The Labute approximate surface area is 132 Å². The summed E-state index contributed by atoms with van der Waals surface area (Å²) in [7, 11) is 0. The predicted molar refractivity (Wildman–Crippen MR) is 84.4 cm³/mol. The van der Waals surface area contributed by atoms with Gasteiger partial charge >= 0.3 is 0 Å². The quantitative estimate of drug-likeness (QED) is 0.824. The third-order valence-corrected chi connectivity index (χ3v) is 4.46. The second kappa shape index (κ2) is 4.65. The summed E-state index contributed by atoms with van der Waals surface area (Å²) in [6.07, 6.45) is 0. The standard InChI is InChI=1S/C16H13Cl2NO2/c1-8-3-4-13(20)10(5-8)16(2)14-11(18)6-9(17)7-12(14)19-15(16)21/h3-7,20H,1-2H3,(H,19,21)/t16-/m0/s1. The smallest absolute Gasteiger partial charge is 0.239 e. The van der Waals surface area contributed by atoms with Gasteiger partial charge in [-0.15, -0.1) is 0 Å². The third-order valence-electron chi connectivity index (χ3n) is 3.95. The van der Waals surface area contributed by atoms with Crippen molar-refractivity contribution in [2.75, 3.05) is 5.32 Å². The van der Waals surface area contributed by atoms with E-state index in [4.69, 9.17) is 23.2 Å². The van der Waals surface area contributed by atoms with Gasteiger partial charge in [0, 0.05) is 26.9 Å². The fraction of sp³-hybridized carbons (Fsp3) is 0.188. The van der Waals surface area contributed by atoms with Gasteiger partial charge in [-0.1, -0.05) is 40.9 Å². The van der Waals surface area contributed by atoms with E-state index >= 15 is 0 Å². The molecule has 0 unspecified atom stereocenters. The summed E-state index contributed by atoms with van der Waals surface area (Å²) in [5.41, 5.74) is 1.66. The monoisotopic (exact) mass is 321 g/mol. The summed E-state index contributed by atoms with van der Waals surface area (Å²) < 4.78 is 0. The number of aromatic hydroxyl groups is 1. The first-order valence-electron chi connectivity index (χ1n) is 6.45. The number of carbonyl (C=O) groups excluding carboxylic acids is 1. The zero-order valence-electron chi connectivity index (χ0n) is 11.5. The van der Waals surface area contributed by atoms with Crippen molar-refractivity contribution >= 4 is 34.8 Å². The molecule has 0 bridgehead atoms. The molecule has 0 aromatic heterocycles. The molecule has 1 atom stereocenters.